The molecule has 15 heavy (non-hydrogen) atoms. The predicted octanol–water partition coefficient (Wildman–Crippen LogP) is 2.59. The van der Waals surface area contributed by atoms with Gasteiger partial charge in [-0.05, 0) is 38.3 Å². The number of amides is 1. The quantitative estimate of drug-likeness (QED) is 0.802. The summed E-state index contributed by atoms with van der Waals surface area (Å²) in [5, 5.41) is 2.90. The van der Waals surface area contributed by atoms with Crippen LogP contribution in [0, 0.1) is 6.92 Å². The van der Waals surface area contributed by atoms with Gasteiger partial charge in [-0.1, -0.05) is 25.1 Å². The third kappa shape index (κ3) is 3.39. The van der Waals surface area contributed by atoms with E-state index in [1.54, 1.807) is 0 Å². The molecule has 1 N–H and O–H groups in total. The van der Waals surface area contributed by atoms with E-state index >= 15 is 0 Å². The zero-order valence-electron chi connectivity index (χ0n) is 9.42. The van der Waals surface area contributed by atoms with Gasteiger partial charge in [0.25, 0.3) is 5.91 Å². The zero-order valence-corrected chi connectivity index (χ0v) is 9.42. The fourth-order valence-electron chi connectivity index (χ4n) is 1.49. The van der Waals surface area contributed by atoms with Crippen molar-refractivity contribution >= 4 is 5.91 Å². The maximum absolute atomic E-state index is 11.8. The van der Waals surface area contributed by atoms with E-state index in [4.69, 9.17) is 0 Å². The molecule has 0 heterocycles. The van der Waals surface area contributed by atoms with Crippen LogP contribution in [0.2, 0.25) is 0 Å². The normalized spacial score (nSPS) is 10.4. The molecule has 0 unspecified atom stereocenters. The van der Waals surface area contributed by atoms with Gasteiger partial charge in [-0.3, -0.25) is 4.79 Å². The van der Waals surface area contributed by atoms with Crippen molar-refractivity contribution in [1.29, 1.82) is 0 Å². The van der Waals surface area contributed by atoms with Gasteiger partial charge >= 0.3 is 0 Å². The van der Waals surface area contributed by atoms with Gasteiger partial charge < -0.3 is 5.32 Å². The van der Waals surface area contributed by atoms with E-state index in [1.165, 1.54) is 0 Å². The first-order valence-electron chi connectivity index (χ1n) is 5.33. The van der Waals surface area contributed by atoms with E-state index in [0.717, 1.165) is 24.0 Å². The predicted molar refractivity (Wildman–Crippen MR) is 62.7 cm³/mol. The largest absolute Gasteiger partial charge is 0.350 e. The number of carbonyl (C=O) groups is 1. The summed E-state index contributed by atoms with van der Waals surface area (Å²) >= 11 is 0. The SMILES string of the molecule is [CH2]CCc1ccccc1C(=O)NC(C)C. The van der Waals surface area contributed by atoms with Gasteiger partial charge in [-0.25, -0.2) is 0 Å². The monoisotopic (exact) mass is 204 g/mol. The molecule has 0 bridgehead atoms. The van der Waals surface area contributed by atoms with Crippen LogP contribution >= 0.6 is 0 Å². The van der Waals surface area contributed by atoms with Crippen LogP contribution in [0.5, 0.6) is 0 Å². The molecule has 0 aliphatic carbocycles. The summed E-state index contributed by atoms with van der Waals surface area (Å²) in [5.74, 6) is 0.00838. The van der Waals surface area contributed by atoms with E-state index in [-0.39, 0.29) is 11.9 Å². The highest BCUT2D eigenvalue weighted by Gasteiger charge is 2.10. The third-order valence-corrected chi connectivity index (χ3v) is 2.13. The molecular weight excluding hydrogens is 186 g/mol. The summed E-state index contributed by atoms with van der Waals surface area (Å²) in [6, 6.07) is 7.87. The van der Waals surface area contributed by atoms with Crippen molar-refractivity contribution in [3.05, 3.63) is 42.3 Å². The van der Waals surface area contributed by atoms with Crippen LogP contribution in [0.4, 0.5) is 0 Å². The number of nitrogens with one attached hydrogen (secondary N) is 1. The van der Waals surface area contributed by atoms with Crippen molar-refractivity contribution in [3.8, 4) is 0 Å². The number of hydrogen-bond acceptors (Lipinski definition) is 1. The van der Waals surface area contributed by atoms with Gasteiger partial charge in [0, 0.05) is 11.6 Å². The smallest absolute Gasteiger partial charge is 0.251 e. The highest BCUT2D eigenvalue weighted by molar-refractivity contribution is 5.95. The summed E-state index contributed by atoms with van der Waals surface area (Å²) in [4.78, 5) is 11.8. The second-order valence-corrected chi connectivity index (χ2v) is 3.89. The van der Waals surface area contributed by atoms with Crippen LogP contribution in [0.25, 0.3) is 0 Å². The molecule has 0 saturated carbocycles. The number of benzene rings is 1. The lowest BCUT2D eigenvalue weighted by atomic mass is 10.0. The minimum Gasteiger partial charge on any atom is -0.350 e. The Bertz CT molecular complexity index is 331. The first kappa shape index (κ1) is 11.8. The van der Waals surface area contributed by atoms with E-state index < -0.39 is 0 Å². The van der Waals surface area contributed by atoms with E-state index in [9.17, 15) is 4.79 Å². The molecule has 0 aromatic heterocycles. The second-order valence-electron chi connectivity index (χ2n) is 3.89. The average molecular weight is 204 g/mol. The molecule has 81 valence electrons. The van der Waals surface area contributed by atoms with E-state index in [2.05, 4.69) is 12.2 Å². The Morgan fingerprint density at radius 3 is 2.67 bits per heavy atom. The minimum absolute atomic E-state index is 0.00838. The van der Waals surface area contributed by atoms with Crippen molar-refractivity contribution in [3.63, 3.8) is 0 Å². The Hall–Kier alpha value is -1.31. The Morgan fingerprint density at radius 1 is 1.40 bits per heavy atom. The van der Waals surface area contributed by atoms with Crippen LogP contribution < -0.4 is 5.32 Å². The van der Waals surface area contributed by atoms with Gasteiger partial charge in [0.2, 0.25) is 0 Å². The number of carbonyl (C=O) groups excluding carboxylic acids is 1. The molecule has 0 spiro atoms. The van der Waals surface area contributed by atoms with E-state index in [0.29, 0.717) is 0 Å². The number of rotatable bonds is 4. The van der Waals surface area contributed by atoms with Crippen LogP contribution in [-0.4, -0.2) is 11.9 Å². The Kier molecular flexibility index (Phi) is 4.35. The minimum atomic E-state index is 0.00838. The maximum atomic E-state index is 11.8. The summed E-state index contributed by atoms with van der Waals surface area (Å²) < 4.78 is 0. The Morgan fingerprint density at radius 2 is 2.07 bits per heavy atom. The fourth-order valence-corrected chi connectivity index (χ4v) is 1.49. The fraction of sp³-hybridized carbons (Fsp3) is 0.385. The molecule has 0 saturated heterocycles. The summed E-state index contributed by atoms with van der Waals surface area (Å²) in [5.41, 5.74) is 1.85. The molecular formula is C13H18NO. The zero-order chi connectivity index (χ0) is 11.3. The Labute approximate surface area is 91.7 Å². The molecule has 1 rings (SSSR count). The lowest BCUT2D eigenvalue weighted by Gasteiger charge is -2.11. The van der Waals surface area contributed by atoms with Crippen molar-refractivity contribution in [2.45, 2.75) is 32.7 Å². The molecule has 1 amide bonds. The number of aryl methyl sites for hydroxylation is 1. The summed E-state index contributed by atoms with van der Waals surface area (Å²) in [6.07, 6.45) is 1.66. The van der Waals surface area contributed by atoms with Crippen molar-refractivity contribution < 1.29 is 4.79 Å². The molecule has 1 aromatic rings. The molecule has 0 aliphatic heterocycles. The van der Waals surface area contributed by atoms with E-state index in [1.807, 2.05) is 38.1 Å². The van der Waals surface area contributed by atoms with Gasteiger partial charge in [0.1, 0.15) is 0 Å². The topological polar surface area (TPSA) is 29.1 Å². The number of hydrogen-bond donors (Lipinski definition) is 1. The lowest BCUT2D eigenvalue weighted by Crippen LogP contribution is -2.30. The van der Waals surface area contributed by atoms with Crippen LogP contribution in [-0.2, 0) is 6.42 Å². The molecule has 0 atom stereocenters. The molecule has 2 heteroatoms. The van der Waals surface area contributed by atoms with Gasteiger partial charge in [0.15, 0.2) is 0 Å². The maximum Gasteiger partial charge on any atom is 0.251 e. The molecule has 2 nitrogen and oxygen atoms in total. The molecule has 0 aliphatic rings. The third-order valence-electron chi connectivity index (χ3n) is 2.13. The average Bonchev–Trinajstić information content (AvgIpc) is 2.18. The summed E-state index contributed by atoms with van der Waals surface area (Å²) in [7, 11) is 0. The standard InChI is InChI=1S/C13H18NO/c1-4-7-11-8-5-6-9-12(11)13(15)14-10(2)3/h5-6,8-10H,1,4,7H2,2-3H3,(H,14,15). The lowest BCUT2D eigenvalue weighted by molar-refractivity contribution is 0.0942. The molecule has 0 fully saturated rings. The molecule has 1 radical (unpaired) electrons. The first-order chi connectivity index (χ1) is 7.15. The van der Waals surface area contributed by atoms with Gasteiger partial charge in [0.05, 0.1) is 0 Å². The highest BCUT2D eigenvalue weighted by atomic mass is 16.1. The van der Waals surface area contributed by atoms with Gasteiger partial charge in [-0.2, -0.15) is 0 Å². The van der Waals surface area contributed by atoms with Crippen LogP contribution in [0.15, 0.2) is 24.3 Å². The highest BCUT2D eigenvalue weighted by Crippen LogP contribution is 2.11. The van der Waals surface area contributed by atoms with Crippen LogP contribution in [0.1, 0.15) is 36.2 Å². The Balaban J connectivity index is 2.87. The molecule has 1 aromatic carbocycles. The first-order valence-corrected chi connectivity index (χ1v) is 5.33. The van der Waals surface area contributed by atoms with Gasteiger partial charge in [-0.15, -0.1) is 0 Å². The van der Waals surface area contributed by atoms with Crippen molar-refractivity contribution in [1.82, 2.24) is 5.32 Å². The van der Waals surface area contributed by atoms with Crippen LogP contribution in [0.3, 0.4) is 0 Å². The van der Waals surface area contributed by atoms with Crippen molar-refractivity contribution in [2.24, 2.45) is 0 Å². The van der Waals surface area contributed by atoms with Crippen molar-refractivity contribution in [2.75, 3.05) is 0 Å². The summed E-state index contributed by atoms with van der Waals surface area (Å²) in [6.45, 7) is 7.73. The second kappa shape index (κ2) is 5.54.